The molecule has 0 radical (unpaired) electrons. The van der Waals surface area contributed by atoms with Crippen LogP contribution in [0, 0.1) is 11.8 Å². The number of amides is 1. The van der Waals surface area contributed by atoms with Gasteiger partial charge in [-0.05, 0) is 6.42 Å². The molecule has 0 rings (SSSR count). The van der Waals surface area contributed by atoms with Crippen LogP contribution >= 0.6 is 0 Å². The minimum absolute atomic E-state index is 0.234. The Balaban J connectivity index is 3.61. The molecule has 18 heavy (non-hydrogen) atoms. The highest BCUT2D eigenvalue weighted by Crippen LogP contribution is 2.10. The first-order valence-electron chi connectivity index (χ1n) is 6.08. The number of hydrogen-bond acceptors (Lipinski definition) is 4. The first-order chi connectivity index (χ1) is 8.50. The van der Waals surface area contributed by atoms with E-state index in [0.717, 1.165) is 0 Å². The van der Waals surface area contributed by atoms with Gasteiger partial charge in [0.05, 0.1) is 19.1 Å². The van der Waals surface area contributed by atoms with Crippen LogP contribution < -0.4 is 5.32 Å². The highest BCUT2D eigenvalue weighted by Gasteiger charge is 2.25. The van der Waals surface area contributed by atoms with Crippen molar-refractivity contribution in [1.29, 1.82) is 0 Å². The van der Waals surface area contributed by atoms with Crippen LogP contribution in [0.5, 0.6) is 0 Å². The van der Waals surface area contributed by atoms with Crippen molar-refractivity contribution in [3.8, 4) is 0 Å². The van der Waals surface area contributed by atoms with E-state index in [1.54, 1.807) is 14.0 Å². The van der Waals surface area contributed by atoms with Crippen LogP contribution in [-0.2, 0) is 19.1 Å². The minimum atomic E-state index is -0.958. The topological polar surface area (TPSA) is 84.9 Å². The zero-order valence-electron chi connectivity index (χ0n) is 11.3. The van der Waals surface area contributed by atoms with Crippen LogP contribution in [0.2, 0.25) is 0 Å². The van der Waals surface area contributed by atoms with E-state index in [1.165, 1.54) is 6.92 Å². The Morgan fingerprint density at radius 1 is 1.17 bits per heavy atom. The van der Waals surface area contributed by atoms with Crippen LogP contribution in [0.15, 0.2) is 0 Å². The molecule has 0 aliphatic heterocycles. The summed E-state index contributed by atoms with van der Waals surface area (Å²) in [6.07, 6.45) is 0.698. The molecule has 0 fully saturated rings. The van der Waals surface area contributed by atoms with E-state index in [1.807, 2.05) is 0 Å². The molecule has 0 aromatic heterocycles. The molecule has 106 valence electrons. The lowest BCUT2D eigenvalue weighted by Gasteiger charge is -2.15. The van der Waals surface area contributed by atoms with Crippen LogP contribution in [-0.4, -0.2) is 50.5 Å². The molecule has 6 nitrogen and oxygen atoms in total. The zero-order valence-corrected chi connectivity index (χ0v) is 11.3. The van der Waals surface area contributed by atoms with Gasteiger partial charge in [0.2, 0.25) is 5.91 Å². The molecule has 0 spiro atoms. The number of carbonyl (C=O) groups excluding carboxylic acids is 1. The Labute approximate surface area is 108 Å². The molecule has 6 heteroatoms. The van der Waals surface area contributed by atoms with E-state index in [0.29, 0.717) is 32.8 Å². The Morgan fingerprint density at radius 3 is 2.39 bits per heavy atom. The normalized spacial score (nSPS) is 13.9. The summed E-state index contributed by atoms with van der Waals surface area (Å²) < 4.78 is 10.0. The number of nitrogens with one attached hydrogen (secondary N) is 1. The lowest BCUT2D eigenvalue weighted by atomic mass is 9.95. The number of methoxy groups -OCH3 is 1. The summed E-state index contributed by atoms with van der Waals surface area (Å²) in [4.78, 5) is 22.3. The zero-order chi connectivity index (χ0) is 14.0. The van der Waals surface area contributed by atoms with E-state index >= 15 is 0 Å². The van der Waals surface area contributed by atoms with Gasteiger partial charge in [-0.1, -0.05) is 13.8 Å². The molecule has 2 atom stereocenters. The first kappa shape index (κ1) is 16.9. The highest BCUT2D eigenvalue weighted by atomic mass is 16.5. The molecule has 0 saturated carbocycles. The Hall–Kier alpha value is -1.14. The Morgan fingerprint density at radius 2 is 1.83 bits per heavy atom. The van der Waals surface area contributed by atoms with E-state index < -0.39 is 17.8 Å². The molecule has 2 unspecified atom stereocenters. The van der Waals surface area contributed by atoms with Crippen LogP contribution in [0.4, 0.5) is 0 Å². The molecular weight excluding hydrogens is 238 g/mol. The average molecular weight is 261 g/mol. The molecule has 0 saturated heterocycles. The van der Waals surface area contributed by atoms with Gasteiger partial charge in [-0.25, -0.2) is 0 Å². The lowest BCUT2D eigenvalue weighted by Crippen LogP contribution is -2.36. The number of ether oxygens (including phenoxy) is 2. The van der Waals surface area contributed by atoms with Crippen molar-refractivity contribution in [2.45, 2.75) is 20.3 Å². The Kier molecular flexibility index (Phi) is 9.22. The largest absolute Gasteiger partial charge is 0.481 e. The fourth-order valence-electron chi connectivity index (χ4n) is 1.23. The smallest absolute Gasteiger partial charge is 0.307 e. The number of aliphatic carboxylic acids is 1. The second-order valence-electron chi connectivity index (χ2n) is 4.17. The van der Waals surface area contributed by atoms with Crippen molar-refractivity contribution in [2.75, 3.05) is 33.5 Å². The predicted octanol–water partition coefficient (Wildman–Crippen LogP) is 0.512. The molecule has 0 aliphatic rings. The standard InChI is InChI=1S/C12H23NO5/c1-9(10(2)12(15)16)11(14)13-5-4-6-18-8-7-17-3/h9-10H,4-8H2,1-3H3,(H,13,14)(H,15,16). The molecule has 1 amide bonds. The third kappa shape index (κ3) is 7.24. The monoisotopic (exact) mass is 261 g/mol. The van der Waals surface area contributed by atoms with E-state index in [9.17, 15) is 9.59 Å². The van der Waals surface area contributed by atoms with Gasteiger partial charge in [0.1, 0.15) is 0 Å². The van der Waals surface area contributed by atoms with E-state index in [4.69, 9.17) is 14.6 Å². The molecule has 0 aromatic rings. The van der Waals surface area contributed by atoms with Gasteiger partial charge in [0.25, 0.3) is 0 Å². The summed E-state index contributed by atoms with van der Waals surface area (Å²) in [6.45, 7) is 5.27. The van der Waals surface area contributed by atoms with Gasteiger partial charge >= 0.3 is 5.97 Å². The van der Waals surface area contributed by atoms with Crippen molar-refractivity contribution in [3.63, 3.8) is 0 Å². The summed E-state index contributed by atoms with van der Waals surface area (Å²) in [5.41, 5.74) is 0. The number of rotatable bonds is 10. The maximum atomic E-state index is 11.6. The number of carbonyl (C=O) groups is 2. The van der Waals surface area contributed by atoms with Gasteiger partial charge < -0.3 is 19.9 Å². The second-order valence-corrected chi connectivity index (χ2v) is 4.17. The number of carboxylic acids is 1. The summed E-state index contributed by atoms with van der Waals surface area (Å²) in [7, 11) is 1.61. The van der Waals surface area contributed by atoms with Crippen LogP contribution in [0.25, 0.3) is 0 Å². The first-order valence-corrected chi connectivity index (χ1v) is 6.08. The molecule has 0 heterocycles. The number of carboxylic acid groups (broad SMARTS) is 1. The van der Waals surface area contributed by atoms with Crippen molar-refractivity contribution in [1.82, 2.24) is 5.32 Å². The number of hydrogen-bond donors (Lipinski definition) is 2. The lowest BCUT2D eigenvalue weighted by molar-refractivity contribution is -0.146. The average Bonchev–Trinajstić information content (AvgIpc) is 2.35. The summed E-state index contributed by atoms with van der Waals surface area (Å²) in [5, 5.41) is 11.5. The van der Waals surface area contributed by atoms with E-state index in [-0.39, 0.29) is 5.91 Å². The van der Waals surface area contributed by atoms with Gasteiger partial charge in [-0.15, -0.1) is 0 Å². The summed E-state index contributed by atoms with van der Waals surface area (Å²) in [5.74, 6) is -2.40. The quantitative estimate of drug-likeness (QED) is 0.560. The van der Waals surface area contributed by atoms with Crippen LogP contribution in [0.3, 0.4) is 0 Å². The van der Waals surface area contributed by atoms with Gasteiger partial charge in [-0.3, -0.25) is 9.59 Å². The molecular formula is C12H23NO5. The SMILES string of the molecule is COCCOCCCNC(=O)C(C)C(C)C(=O)O. The minimum Gasteiger partial charge on any atom is -0.481 e. The third-order valence-electron chi connectivity index (χ3n) is 2.75. The molecule has 0 bridgehead atoms. The van der Waals surface area contributed by atoms with Crippen molar-refractivity contribution in [2.24, 2.45) is 11.8 Å². The van der Waals surface area contributed by atoms with Crippen molar-refractivity contribution >= 4 is 11.9 Å². The summed E-state index contributed by atoms with van der Waals surface area (Å²) >= 11 is 0. The maximum Gasteiger partial charge on any atom is 0.307 e. The highest BCUT2D eigenvalue weighted by molar-refractivity contribution is 5.84. The molecule has 2 N–H and O–H groups in total. The summed E-state index contributed by atoms with van der Waals surface area (Å²) in [6, 6.07) is 0. The Bertz CT molecular complexity index is 257. The third-order valence-corrected chi connectivity index (χ3v) is 2.75. The van der Waals surface area contributed by atoms with Crippen LogP contribution in [0.1, 0.15) is 20.3 Å². The second kappa shape index (κ2) is 9.85. The van der Waals surface area contributed by atoms with Crippen molar-refractivity contribution in [3.05, 3.63) is 0 Å². The van der Waals surface area contributed by atoms with Gasteiger partial charge in [0.15, 0.2) is 0 Å². The fraction of sp³-hybridized carbons (Fsp3) is 0.833. The van der Waals surface area contributed by atoms with E-state index in [2.05, 4.69) is 5.32 Å². The van der Waals surface area contributed by atoms with Gasteiger partial charge in [-0.2, -0.15) is 0 Å². The molecule has 0 aliphatic carbocycles. The maximum absolute atomic E-state index is 11.6. The fourth-order valence-corrected chi connectivity index (χ4v) is 1.23. The predicted molar refractivity (Wildman–Crippen MR) is 66.3 cm³/mol. The van der Waals surface area contributed by atoms with Gasteiger partial charge in [0, 0.05) is 26.2 Å². The molecule has 0 aromatic carbocycles. The van der Waals surface area contributed by atoms with Crippen molar-refractivity contribution < 1.29 is 24.2 Å².